The van der Waals surface area contributed by atoms with E-state index in [0.29, 0.717) is 18.0 Å². The van der Waals surface area contributed by atoms with Gasteiger partial charge in [-0.15, -0.1) is 0 Å². The minimum atomic E-state index is -0.513. The fourth-order valence-electron chi connectivity index (χ4n) is 2.66. The van der Waals surface area contributed by atoms with Crippen LogP contribution in [0.5, 0.6) is 11.5 Å². The van der Waals surface area contributed by atoms with Gasteiger partial charge in [0.25, 0.3) is 0 Å². The third-order valence-electron chi connectivity index (χ3n) is 4.32. The molecule has 0 saturated heterocycles. The molecule has 1 rings (SSSR count). The zero-order valence-corrected chi connectivity index (χ0v) is 15.9. The topological polar surface area (TPSA) is 45.2 Å². The molecule has 0 radical (unpaired) electrons. The van der Waals surface area contributed by atoms with Crippen molar-refractivity contribution in [1.82, 2.24) is 9.80 Å². The normalized spacial score (nSPS) is 12.7. The Morgan fingerprint density at radius 2 is 1.58 bits per heavy atom. The summed E-state index contributed by atoms with van der Waals surface area (Å²) in [6, 6.07) is 6.02. The number of aliphatic hydroxyl groups is 1. The van der Waals surface area contributed by atoms with Gasteiger partial charge in [-0.1, -0.05) is 33.8 Å². The van der Waals surface area contributed by atoms with Gasteiger partial charge in [0, 0.05) is 13.1 Å². The van der Waals surface area contributed by atoms with E-state index in [0.717, 1.165) is 32.7 Å². The SMILES string of the molecule is CCN(CC)Cc1ccc(OC)c(OCC(O)CN(CC)CC)c1. The molecule has 0 amide bonds. The first-order chi connectivity index (χ1) is 11.6. The number of hydrogen-bond donors (Lipinski definition) is 1. The van der Waals surface area contributed by atoms with E-state index in [1.165, 1.54) is 5.56 Å². The molecule has 0 aromatic heterocycles. The maximum atomic E-state index is 10.2. The van der Waals surface area contributed by atoms with E-state index in [4.69, 9.17) is 9.47 Å². The number of likely N-dealkylation sites (N-methyl/N-ethyl adjacent to an activating group) is 1. The van der Waals surface area contributed by atoms with Crippen molar-refractivity contribution >= 4 is 0 Å². The van der Waals surface area contributed by atoms with E-state index < -0.39 is 6.10 Å². The molecule has 138 valence electrons. The summed E-state index contributed by atoms with van der Waals surface area (Å²) in [5.41, 5.74) is 1.19. The van der Waals surface area contributed by atoms with E-state index in [1.54, 1.807) is 7.11 Å². The molecule has 0 bridgehead atoms. The van der Waals surface area contributed by atoms with E-state index in [2.05, 4.69) is 43.6 Å². The van der Waals surface area contributed by atoms with Gasteiger partial charge in [-0.25, -0.2) is 0 Å². The van der Waals surface area contributed by atoms with Crippen LogP contribution in [0.3, 0.4) is 0 Å². The number of hydrogen-bond acceptors (Lipinski definition) is 5. The molecule has 0 fully saturated rings. The zero-order chi connectivity index (χ0) is 17.9. The minimum absolute atomic E-state index is 0.265. The maximum Gasteiger partial charge on any atom is 0.161 e. The Hall–Kier alpha value is -1.30. The largest absolute Gasteiger partial charge is 0.493 e. The summed E-state index contributed by atoms with van der Waals surface area (Å²) in [7, 11) is 1.64. The summed E-state index contributed by atoms with van der Waals surface area (Å²) in [6.45, 7) is 14.2. The molecule has 1 aromatic rings. The maximum absolute atomic E-state index is 10.2. The van der Waals surface area contributed by atoms with Gasteiger partial charge >= 0.3 is 0 Å². The number of methoxy groups -OCH3 is 1. The Balaban J connectivity index is 2.70. The fourth-order valence-corrected chi connectivity index (χ4v) is 2.66. The molecule has 24 heavy (non-hydrogen) atoms. The Kier molecular flexibility index (Phi) is 9.76. The van der Waals surface area contributed by atoms with Crippen molar-refractivity contribution in [3.8, 4) is 11.5 Å². The van der Waals surface area contributed by atoms with Gasteiger partial charge < -0.3 is 19.5 Å². The van der Waals surface area contributed by atoms with Crippen molar-refractivity contribution in [1.29, 1.82) is 0 Å². The van der Waals surface area contributed by atoms with Crippen LogP contribution in [0.4, 0.5) is 0 Å². The van der Waals surface area contributed by atoms with Crippen LogP contribution in [0.2, 0.25) is 0 Å². The summed E-state index contributed by atoms with van der Waals surface area (Å²) >= 11 is 0. The first kappa shape index (κ1) is 20.7. The molecular formula is C19H34N2O3. The van der Waals surface area contributed by atoms with Crippen molar-refractivity contribution in [3.63, 3.8) is 0 Å². The lowest BCUT2D eigenvalue weighted by molar-refractivity contribution is 0.0705. The summed E-state index contributed by atoms with van der Waals surface area (Å²) in [5.74, 6) is 1.40. The molecule has 5 nitrogen and oxygen atoms in total. The fraction of sp³-hybridized carbons (Fsp3) is 0.684. The molecule has 1 unspecified atom stereocenters. The summed E-state index contributed by atoms with van der Waals surface area (Å²) < 4.78 is 11.2. The van der Waals surface area contributed by atoms with E-state index in [1.807, 2.05) is 12.1 Å². The number of rotatable bonds is 12. The molecule has 0 heterocycles. The summed E-state index contributed by atoms with van der Waals surface area (Å²) in [4.78, 5) is 4.53. The van der Waals surface area contributed by atoms with Gasteiger partial charge in [-0.2, -0.15) is 0 Å². The monoisotopic (exact) mass is 338 g/mol. The third-order valence-corrected chi connectivity index (χ3v) is 4.32. The van der Waals surface area contributed by atoms with Gasteiger partial charge in [-0.05, 0) is 43.9 Å². The van der Waals surface area contributed by atoms with Crippen LogP contribution in [-0.2, 0) is 6.54 Å². The van der Waals surface area contributed by atoms with Crippen molar-refractivity contribution < 1.29 is 14.6 Å². The van der Waals surface area contributed by atoms with Gasteiger partial charge in [0.15, 0.2) is 11.5 Å². The van der Waals surface area contributed by atoms with Crippen LogP contribution in [-0.4, -0.2) is 67.5 Å². The molecule has 1 aromatic carbocycles. The van der Waals surface area contributed by atoms with E-state index in [-0.39, 0.29) is 6.61 Å². The molecule has 0 aliphatic carbocycles. The first-order valence-electron chi connectivity index (χ1n) is 9.00. The smallest absolute Gasteiger partial charge is 0.161 e. The molecule has 0 spiro atoms. The van der Waals surface area contributed by atoms with Gasteiger partial charge in [0.2, 0.25) is 0 Å². The van der Waals surface area contributed by atoms with Crippen LogP contribution in [0, 0.1) is 0 Å². The molecule has 0 aliphatic rings. The van der Waals surface area contributed by atoms with Crippen LogP contribution < -0.4 is 9.47 Å². The van der Waals surface area contributed by atoms with Crippen LogP contribution in [0.25, 0.3) is 0 Å². The highest BCUT2D eigenvalue weighted by Crippen LogP contribution is 2.28. The lowest BCUT2D eigenvalue weighted by atomic mass is 10.2. The average Bonchev–Trinajstić information content (AvgIpc) is 2.62. The minimum Gasteiger partial charge on any atom is -0.493 e. The molecule has 5 heteroatoms. The molecule has 1 N–H and O–H groups in total. The number of benzene rings is 1. The number of ether oxygens (including phenoxy) is 2. The van der Waals surface area contributed by atoms with Crippen molar-refractivity contribution in [2.45, 2.75) is 40.3 Å². The Labute approximate surface area is 147 Å². The molecule has 1 atom stereocenters. The molecular weight excluding hydrogens is 304 g/mol. The standard InChI is InChI=1S/C19H34N2O3/c1-6-20(7-2)13-16-10-11-18(23-5)19(12-16)24-15-17(22)14-21(8-3)9-4/h10-12,17,22H,6-9,13-15H2,1-5H3. The highest BCUT2D eigenvalue weighted by atomic mass is 16.5. The number of nitrogens with zero attached hydrogens (tertiary/aromatic N) is 2. The summed E-state index contributed by atoms with van der Waals surface area (Å²) in [6.07, 6.45) is -0.513. The van der Waals surface area contributed by atoms with Crippen molar-refractivity contribution in [2.24, 2.45) is 0 Å². The van der Waals surface area contributed by atoms with Crippen LogP contribution in [0.1, 0.15) is 33.3 Å². The van der Waals surface area contributed by atoms with Gasteiger partial charge in [0.05, 0.1) is 7.11 Å². The second kappa shape index (κ2) is 11.3. The lowest BCUT2D eigenvalue weighted by Crippen LogP contribution is -2.35. The Morgan fingerprint density at radius 3 is 2.12 bits per heavy atom. The molecule has 0 aliphatic heterocycles. The van der Waals surface area contributed by atoms with Gasteiger partial charge in [0.1, 0.15) is 12.7 Å². The highest BCUT2D eigenvalue weighted by Gasteiger charge is 2.13. The Morgan fingerprint density at radius 1 is 0.958 bits per heavy atom. The second-order valence-corrected chi connectivity index (χ2v) is 5.90. The van der Waals surface area contributed by atoms with Crippen molar-refractivity contribution in [2.75, 3.05) is 46.4 Å². The number of aliphatic hydroxyl groups excluding tert-OH is 1. The predicted molar refractivity (Wildman–Crippen MR) is 98.9 cm³/mol. The predicted octanol–water partition coefficient (Wildman–Crippen LogP) is 2.62. The summed E-state index contributed by atoms with van der Waals surface area (Å²) in [5, 5.41) is 10.2. The quantitative estimate of drug-likeness (QED) is 0.635. The third kappa shape index (κ3) is 6.67. The highest BCUT2D eigenvalue weighted by molar-refractivity contribution is 5.43. The molecule has 0 saturated carbocycles. The van der Waals surface area contributed by atoms with Crippen molar-refractivity contribution in [3.05, 3.63) is 23.8 Å². The Bertz CT molecular complexity index is 460. The second-order valence-electron chi connectivity index (χ2n) is 5.90. The lowest BCUT2D eigenvalue weighted by Gasteiger charge is -2.23. The van der Waals surface area contributed by atoms with E-state index >= 15 is 0 Å². The first-order valence-corrected chi connectivity index (χ1v) is 9.00. The average molecular weight is 338 g/mol. The zero-order valence-electron chi connectivity index (χ0n) is 15.9. The van der Waals surface area contributed by atoms with E-state index in [9.17, 15) is 5.11 Å². The van der Waals surface area contributed by atoms with Crippen LogP contribution in [0.15, 0.2) is 18.2 Å². The van der Waals surface area contributed by atoms with Gasteiger partial charge in [-0.3, -0.25) is 4.90 Å². The van der Waals surface area contributed by atoms with Crippen LogP contribution >= 0.6 is 0 Å².